The largest absolute Gasteiger partial charge is 0.508 e. The molecule has 0 bridgehead atoms. The third-order valence-electron chi connectivity index (χ3n) is 3.00. The molecule has 6 heteroatoms. The normalized spacial score (nSPS) is 11.1. The van der Waals surface area contributed by atoms with Gasteiger partial charge in [0.15, 0.2) is 5.11 Å². The van der Waals surface area contributed by atoms with Crippen molar-refractivity contribution in [3.63, 3.8) is 0 Å². The summed E-state index contributed by atoms with van der Waals surface area (Å²) in [5.41, 5.74) is 5.67. The summed E-state index contributed by atoms with van der Waals surface area (Å²) in [6.45, 7) is 3.71. The van der Waals surface area contributed by atoms with Gasteiger partial charge in [-0.3, -0.25) is 5.43 Å². The van der Waals surface area contributed by atoms with Crippen molar-refractivity contribution >= 4 is 28.7 Å². The molecule has 0 spiro atoms. The fraction of sp³-hybridized carbons (Fsp3) is 0.125. The molecule has 0 saturated heterocycles. The van der Waals surface area contributed by atoms with Gasteiger partial charge in [-0.25, -0.2) is 0 Å². The van der Waals surface area contributed by atoms with Crippen molar-refractivity contribution in [3.05, 3.63) is 53.6 Å². The first kappa shape index (κ1) is 15.8. The number of nitrogens with zero attached hydrogens (tertiary/aromatic N) is 1. The molecule has 0 unspecified atom stereocenters. The number of nitrogens with one attached hydrogen (secondary N) is 2. The van der Waals surface area contributed by atoms with Crippen LogP contribution in [0.3, 0.4) is 0 Å². The van der Waals surface area contributed by atoms with Crippen LogP contribution < -0.4 is 10.7 Å². The molecule has 4 N–H and O–H groups in total. The lowest BCUT2D eigenvalue weighted by molar-refractivity contribution is 0.459. The Hall–Kier alpha value is -2.60. The predicted molar refractivity (Wildman–Crippen MR) is 92.5 cm³/mol. The molecule has 0 fully saturated rings. The first-order valence-corrected chi connectivity index (χ1v) is 7.07. The summed E-state index contributed by atoms with van der Waals surface area (Å²) in [7, 11) is 0. The second kappa shape index (κ2) is 6.91. The average molecular weight is 315 g/mol. The van der Waals surface area contributed by atoms with Gasteiger partial charge >= 0.3 is 0 Å². The molecule has 0 aliphatic heterocycles. The van der Waals surface area contributed by atoms with Crippen LogP contribution in [0.25, 0.3) is 0 Å². The van der Waals surface area contributed by atoms with E-state index in [1.54, 1.807) is 6.92 Å². The van der Waals surface area contributed by atoms with Gasteiger partial charge in [-0.05, 0) is 56.4 Å². The molecule has 0 aromatic heterocycles. The number of rotatable bonds is 3. The van der Waals surface area contributed by atoms with Crippen LogP contribution in [0, 0.1) is 6.92 Å². The number of benzene rings is 2. The third-order valence-corrected chi connectivity index (χ3v) is 3.20. The molecule has 22 heavy (non-hydrogen) atoms. The lowest BCUT2D eigenvalue weighted by Gasteiger charge is -2.09. The third kappa shape index (κ3) is 4.20. The number of hydrogen-bond donors (Lipinski definition) is 4. The lowest BCUT2D eigenvalue weighted by Crippen LogP contribution is -2.24. The van der Waals surface area contributed by atoms with Crippen LogP contribution in [0.1, 0.15) is 18.1 Å². The van der Waals surface area contributed by atoms with E-state index < -0.39 is 0 Å². The van der Waals surface area contributed by atoms with Crippen LogP contribution in [-0.2, 0) is 0 Å². The molecular formula is C16H17N3O2S. The Kier molecular flexibility index (Phi) is 4.95. The summed E-state index contributed by atoms with van der Waals surface area (Å²) in [6, 6.07) is 12.0. The highest BCUT2D eigenvalue weighted by Crippen LogP contribution is 2.22. The van der Waals surface area contributed by atoms with E-state index in [0.29, 0.717) is 16.4 Å². The van der Waals surface area contributed by atoms with E-state index in [1.165, 1.54) is 18.2 Å². The number of aromatic hydroxyl groups is 2. The van der Waals surface area contributed by atoms with Crippen molar-refractivity contribution in [3.8, 4) is 11.5 Å². The van der Waals surface area contributed by atoms with Crippen LogP contribution in [0.4, 0.5) is 5.69 Å². The van der Waals surface area contributed by atoms with Gasteiger partial charge in [-0.15, -0.1) is 0 Å². The first-order valence-electron chi connectivity index (χ1n) is 6.66. The van der Waals surface area contributed by atoms with Crippen LogP contribution >= 0.6 is 12.2 Å². The van der Waals surface area contributed by atoms with Crippen LogP contribution in [0.2, 0.25) is 0 Å². The second-order valence-electron chi connectivity index (χ2n) is 4.83. The van der Waals surface area contributed by atoms with Gasteiger partial charge in [-0.1, -0.05) is 17.7 Å². The van der Waals surface area contributed by atoms with Gasteiger partial charge in [0, 0.05) is 11.3 Å². The maximum absolute atomic E-state index is 9.76. The van der Waals surface area contributed by atoms with E-state index in [0.717, 1.165) is 11.3 Å². The number of hydrogen-bond acceptors (Lipinski definition) is 4. The average Bonchev–Trinajstić information content (AvgIpc) is 2.49. The van der Waals surface area contributed by atoms with Crippen LogP contribution in [0.15, 0.2) is 47.6 Å². The van der Waals surface area contributed by atoms with Crippen LogP contribution in [-0.4, -0.2) is 21.0 Å². The van der Waals surface area contributed by atoms with Gasteiger partial charge in [0.1, 0.15) is 11.5 Å². The maximum Gasteiger partial charge on any atom is 0.191 e. The summed E-state index contributed by atoms with van der Waals surface area (Å²) in [5.74, 6) is 0.0981. The van der Waals surface area contributed by atoms with Crippen molar-refractivity contribution in [2.24, 2.45) is 5.10 Å². The number of aryl methyl sites for hydroxylation is 1. The zero-order valence-electron chi connectivity index (χ0n) is 12.3. The molecule has 0 heterocycles. The number of phenols is 2. The summed E-state index contributed by atoms with van der Waals surface area (Å²) in [6.07, 6.45) is 0. The highest BCUT2D eigenvalue weighted by molar-refractivity contribution is 7.80. The smallest absolute Gasteiger partial charge is 0.191 e. The van der Waals surface area contributed by atoms with E-state index in [-0.39, 0.29) is 11.5 Å². The van der Waals surface area contributed by atoms with Crippen molar-refractivity contribution in [2.75, 3.05) is 5.32 Å². The molecule has 0 radical (unpaired) electrons. The molecule has 0 aliphatic rings. The fourth-order valence-corrected chi connectivity index (χ4v) is 1.97. The summed E-state index contributed by atoms with van der Waals surface area (Å²) < 4.78 is 0. The zero-order chi connectivity index (χ0) is 16.1. The van der Waals surface area contributed by atoms with Gasteiger partial charge in [0.25, 0.3) is 0 Å². The van der Waals surface area contributed by atoms with E-state index in [9.17, 15) is 10.2 Å². The predicted octanol–water partition coefficient (Wildman–Crippen LogP) is 3.12. The molecule has 0 atom stereocenters. The Morgan fingerprint density at radius 1 is 1.09 bits per heavy atom. The Balaban J connectivity index is 2.02. The van der Waals surface area contributed by atoms with Crippen molar-refractivity contribution in [1.82, 2.24) is 5.43 Å². The minimum Gasteiger partial charge on any atom is -0.508 e. The van der Waals surface area contributed by atoms with Gasteiger partial charge in [-0.2, -0.15) is 5.10 Å². The van der Waals surface area contributed by atoms with E-state index in [4.69, 9.17) is 12.2 Å². The Morgan fingerprint density at radius 2 is 1.77 bits per heavy atom. The molecule has 5 nitrogen and oxygen atoms in total. The Labute approximate surface area is 134 Å². The highest BCUT2D eigenvalue weighted by atomic mass is 32.1. The number of thiocarbonyl (C=S) groups is 1. The minimum absolute atomic E-state index is 0.0401. The lowest BCUT2D eigenvalue weighted by atomic mass is 10.1. The number of hydrazone groups is 1. The highest BCUT2D eigenvalue weighted by Gasteiger charge is 2.06. The molecule has 2 rings (SSSR count). The fourth-order valence-electron chi connectivity index (χ4n) is 1.80. The number of phenolic OH excluding ortho intramolecular Hbond substituents is 2. The molecule has 0 aliphatic carbocycles. The minimum atomic E-state index is 0.0401. The van der Waals surface area contributed by atoms with Crippen molar-refractivity contribution in [2.45, 2.75) is 13.8 Å². The standard InChI is InChI=1S/C16H17N3O2S/c1-10-3-5-12(6-4-10)17-16(22)19-18-11(2)14-9-13(20)7-8-15(14)21/h3-9,20-21H,1-2H3,(H2,17,19,22)/b18-11-. The van der Waals surface area contributed by atoms with E-state index in [2.05, 4.69) is 15.8 Å². The molecule has 0 saturated carbocycles. The van der Waals surface area contributed by atoms with Gasteiger partial charge in [0.2, 0.25) is 0 Å². The zero-order valence-corrected chi connectivity index (χ0v) is 13.1. The van der Waals surface area contributed by atoms with Crippen LogP contribution in [0.5, 0.6) is 11.5 Å². The van der Waals surface area contributed by atoms with Gasteiger partial charge in [0.05, 0.1) is 5.71 Å². The van der Waals surface area contributed by atoms with Crippen molar-refractivity contribution in [1.29, 1.82) is 0 Å². The van der Waals surface area contributed by atoms with Gasteiger partial charge < -0.3 is 15.5 Å². The second-order valence-corrected chi connectivity index (χ2v) is 5.24. The molecule has 0 amide bonds. The SMILES string of the molecule is C/C(=N/NC(=S)Nc1ccc(C)cc1)c1cc(O)ccc1O. The van der Waals surface area contributed by atoms with E-state index >= 15 is 0 Å². The first-order chi connectivity index (χ1) is 10.5. The maximum atomic E-state index is 9.76. The number of anilines is 1. The Bertz CT molecular complexity index is 712. The molecular weight excluding hydrogens is 298 g/mol. The molecule has 2 aromatic carbocycles. The topological polar surface area (TPSA) is 76.9 Å². The summed E-state index contributed by atoms with van der Waals surface area (Å²) >= 11 is 5.15. The van der Waals surface area contributed by atoms with Crippen molar-refractivity contribution < 1.29 is 10.2 Å². The van der Waals surface area contributed by atoms with E-state index in [1.807, 2.05) is 31.2 Å². The summed E-state index contributed by atoms with van der Waals surface area (Å²) in [5, 5.41) is 26.7. The summed E-state index contributed by atoms with van der Waals surface area (Å²) in [4.78, 5) is 0. The monoisotopic (exact) mass is 315 g/mol. The quantitative estimate of drug-likeness (QED) is 0.303. The molecule has 2 aromatic rings. The molecule has 114 valence electrons. The Morgan fingerprint density at radius 3 is 2.45 bits per heavy atom.